The molecule has 16 heavy (non-hydrogen) atoms. The number of hydrogen-bond donors (Lipinski definition) is 1. The number of anilines is 1. The summed E-state index contributed by atoms with van der Waals surface area (Å²) < 4.78 is 2.07. The Morgan fingerprint density at radius 3 is 2.94 bits per heavy atom. The summed E-state index contributed by atoms with van der Waals surface area (Å²) in [4.78, 5) is 0. The smallest absolute Gasteiger partial charge is 0.124 e. The van der Waals surface area contributed by atoms with Crippen molar-refractivity contribution >= 4 is 5.82 Å². The molecule has 3 heteroatoms. The Bertz CT molecular complexity index is 313. The van der Waals surface area contributed by atoms with Crippen molar-refractivity contribution in [1.29, 1.82) is 0 Å². The summed E-state index contributed by atoms with van der Waals surface area (Å²) >= 11 is 0. The van der Waals surface area contributed by atoms with Crippen molar-refractivity contribution in [3.63, 3.8) is 0 Å². The first kappa shape index (κ1) is 11.5. The molecule has 1 fully saturated rings. The third-order valence-electron chi connectivity index (χ3n) is 3.63. The van der Waals surface area contributed by atoms with Gasteiger partial charge in [-0.15, -0.1) is 0 Å². The Morgan fingerprint density at radius 2 is 2.25 bits per heavy atom. The average molecular weight is 221 g/mol. The highest BCUT2D eigenvalue weighted by atomic mass is 15.3. The second-order valence-electron chi connectivity index (χ2n) is 4.92. The molecule has 1 aliphatic rings. The molecule has 1 aromatic heterocycles. The maximum atomic E-state index is 4.34. The molecule has 1 aliphatic carbocycles. The largest absolute Gasteiger partial charge is 0.368 e. The Kier molecular flexibility index (Phi) is 3.86. The summed E-state index contributed by atoms with van der Waals surface area (Å²) in [5.41, 5.74) is 0. The van der Waals surface area contributed by atoms with Gasteiger partial charge in [0.25, 0.3) is 0 Å². The number of aryl methyl sites for hydroxylation is 1. The Morgan fingerprint density at radius 1 is 1.50 bits per heavy atom. The van der Waals surface area contributed by atoms with Gasteiger partial charge in [-0.2, -0.15) is 5.10 Å². The molecule has 1 heterocycles. The molecule has 0 amide bonds. The zero-order chi connectivity index (χ0) is 11.4. The minimum Gasteiger partial charge on any atom is -0.368 e. The van der Waals surface area contributed by atoms with Gasteiger partial charge >= 0.3 is 0 Å². The van der Waals surface area contributed by atoms with Gasteiger partial charge in [-0.1, -0.05) is 19.8 Å². The first-order valence-corrected chi connectivity index (χ1v) is 6.59. The normalized spacial score (nSPS) is 18.9. The van der Waals surface area contributed by atoms with E-state index in [2.05, 4.69) is 35.0 Å². The second kappa shape index (κ2) is 5.37. The lowest BCUT2D eigenvalue weighted by molar-refractivity contribution is 0.476. The number of nitrogens with one attached hydrogen (secondary N) is 1. The van der Waals surface area contributed by atoms with Gasteiger partial charge in [-0.25, -0.2) is 4.68 Å². The fourth-order valence-corrected chi connectivity index (χ4v) is 2.65. The highest BCUT2D eigenvalue weighted by Gasteiger charge is 2.21. The molecule has 2 rings (SSSR count). The van der Waals surface area contributed by atoms with Crippen LogP contribution in [0.3, 0.4) is 0 Å². The van der Waals surface area contributed by atoms with Gasteiger partial charge in [-0.3, -0.25) is 0 Å². The van der Waals surface area contributed by atoms with Gasteiger partial charge in [-0.05, 0) is 32.1 Å². The topological polar surface area (TPSA) is 29.9 Å². The minimum atomic E-state index is 0.579. The number of hydrogen-bond acceptors (Lipinski definition) is 2. The SMILES string of the molecule is CCCn1nccc1NC(C)C1CCCC1. The fraction of sp³-hybridized carbons (Fsp3) is 0.769. The molecule has 0 bridgehead atoms. The van der Waals surface area contributed by atoms with Crippen molar-refractivity contribution in [2.45, 2.75) is 58.5 Å². The standard InChI is InChI=1S/C13H23N3/c1-3-10-16-13(8-9-14-16)15-11(2)12-6-4-5-7-12/h8-9,11-12,15H,3-7,10H2,1-2H3. The monoisotopic (exact) mass is 221 g/mol. The summed E-state index contributed by atoms with van der Waals surface area (Å²) in [5.74, 6) is 2.03. The van der Waals surface area contributed by atoms with Crippen molar-refractivity contribution in [1.82, 2.24) is 9.78 Å². The van der Waals surface area contributed by atoms with E-state index in [-0.39, 0.29) is 0 Å². The van der Waals surface area contributed by atoms with Crippen molar-refractivity contribution < 1.29 is 0 Å². The van der Waals surface area contributed by atoms with Crippen LogP contribution in [0.15, 0.2) is 12.3 Å². The van der Waals surface area contributed by atoms with Crippen molar-refractivity contribution in [2.75, 3.05) is 5.32 Å². The first-order valence-electron chi connectivity index (χ1n) is 6.59. The molecule has 90 valence electrons. The maximum absolute atomic E-state index is 4.34. The quantitative estimate of drug-likeness (QED) is 0.827. The summed E-state index contributed by atoms with van der Waals surface area (Å²) in [6.07, 6.45) is 8.61. The highest BCUT2D eigenvalue weighted by molar-refractivity contribution is 5.35. The van der Waals surface area contributed by atoms with Gasteiger partial charge in [0, 0.05) is 18.7 Å². The van der Waals surface area contributed by atoms with E-state index in [9.17, 15) is 0 Å². The molecule has 0 spiro atoms. The maximum Gasteiger partial charge on any atom is 0.124 e. The molecule has 1 N–H and O–H groups in total. The fourth-order valence-electron chi connectivity index (χ4n) is 2.65. The van der Waals surface area contributed by atoms with Gasteiger partial charge in [0.1, 0.15) is 5.82 Å². The summed E-state index contributed by atoms with van der Waals surface area (Å²) in [6.45, 7) is 5.50. The molecule has 3 nitrogen and oxygen atoms in total. The van der Waals surface area contributed by atoms with E-state index in [1.807, 2.05) is 6.20 Å². The summed E-state index contributed by atoms with van der Waals surface area (Å²) in [7, 11) is 0. The Labute approximate surface area is 98.2 Å². The molecule has 0 radical (unpaired) electrons. The molecule has 0 saturated heterocycles. The van der Waals surface area contributed by atoms with Crippen LogP contribution in [0, 0.1) is 5.92 Å². The van der Waals surface area contributed by atoms with Crippen LogP contribution in [0.5, 0.6) is 0 Å². The zero-order valence-electron chi connectivity index (χ0n) is 10.4. The minimum absolute atomic E-state index is 0.579. The Balaban J connectivity index is 1.94. The lowest BCUT2D eigenvalue weighted by Gasteiger charge is -2.21. The van der Waals surface area contributed by atoms with Gasteiger partial charge in [0.2, 0.25) is 0 Å². The predicted molar refractivity (Wildman–Crippen MR) is 67.6 cm³/mol. The zero-order valence-corrected chi connectivity index (χ0v) is 10.4. The van der Waals surface area contributed by atoms with Crippen LogP contribution < -0.4 is 5.32 Å². The van der Waals surface area contributed by atoms with E-state index in [0.29, 0.717) is 6.04 Å². The van der Waals surface area contributed by atoms with Crippen LogP contribution in [0.1, 0.15) is 46.0 Å². The van der Waals surface area contributed by atoms with Crippen LogP contribution in [0.25, 0.3) is 0 Å². The van der Waals surface area contributed by atoms with E-state index in [1.165, 1.54) is 31.5 Å². The molecule has 1 saturated carbocycles. The lowest BCUT2D eigenvalue weighted by atomic mass is 10.00. The Hall–Kier alpha value is -0.990. The summed E-state index contributed by atoms with van der Waals surface area (Å²) in [5, 5.41) is 7.96. The highest BCUT2D eigenvalue weighted by Crippen LogP contribution is 2.29. The lowest BCUT2D eigenvalue weighted by Crippen LogP contribution is -2.25. The first-order chi connectivity index (χ1) is 7.81. The van der Waals surface area contributed by atoms with Gasteiger partial charge < -0.3 is 5.32 Å². The predicted octanol–water partition coefficient (Wildman–Crippen LogP) is 3.28. The van der Waals surface area contributed by atoms with Crippen LogP contribution in [0.2, 0.25) is 0 Å². The third kappa shape index (κ3) is 2.57. The van der Waals surface area contributed by atoms with E-state index in [0.717, 1.165) is 18.9 Å². The molecule has 0 aromatic carbocycles. The average Bonchev–Trinajstić information content (AvgIpc) is 2.90. The third-order valence-corrected chi connectivity index (χ3v) is 3.63. The van der Waals surface area contributed by atoms with Crippen molar-refractivity contribution in [2.24, 2.45) is 5.92 Å². The number of nitrogens with zero attached hydrogens (tertiary/aromatic N) is 2. The van der Waals surface area contributed by atoms with E-state index in [4.69, 9.17) is 0 Å². The van der Waals surface area contributed by atoms with Gasteiger partial charge in [0.15, 0.2) is 0 Å². The number of rotatable bonds is 5. The van der Waals surface area contributed by atoms with E-state index in [1.54, 1.807) is 0 Å². The van der Waals surface area contributed by atoms with E-state index < -0.39 is 0 Å². The van der Waals surface area contributed by atoms with Gasteiger partial charge in [0.05, 0.1) is 6.20 Å². The molecule has 0 aliphatic heterocycles. The number of aromatic nitrogens is 2. The second-order valence-corrected chi connectivity index (χ2v) is 4.92. The van der Waals surface area contributed by atoms with E-state index >= 15 is 0 Å². The van der Waals surface area contributed by atoms with Crippen LogP contribution in [0.4, 0.5) is 5.82 Å². The van der Waals surface area contributed by atoms with Crippen molar-refractivity contribution in [3.05, 3.63) is 12.3 Å². The van der Waals surface area contributed by atoms with Crippen LogP contribution >= 0.6 is 0 Å². The van der Waals surface area contributed by atoms with Crippen LogP contribution in [-0.4, -0.2) is 15.8 Å². The molecular formula is C13H23N3. The molecule has 1 atom stereocenters. The summed E-state index contributed by atoms with van der Waals surface area (Å²) in [6, 6.07) is 2.66. The van der Waals surface area contributed by atoms with Crippen LogP contribution in [-0.2, 0) is 6.54 Å². The van der Waals surface area contributed by atoms with Crippen molar-refractivity contribution in [3.8, 4) is 0 Å². The molecular weight excluding hydrogens is 198 g/mol. The molecule has 1 aromatic rings. The molecule has 1 unspecified atom stereocenters.